The molecule has 0 spiro atoms. The molecule has 0 unspecified atom stereocenters. The molecule has 10 nitrogen and oxygen atoms in total. The number of fused-ring (bicyclic) bond motifs is 1. The third-order valence-electron chi connectivity index (χ3n) is 7.16. The molecule has 5 heterocycles. The quantitative estimate of drug-likeness (QED) is 0.268. The largest absolute Gasteiger partial charge is 0.448 e. The predicted molar refractivity (Wildman–Crippen MR) is 146 cm³/mol. The van der Waals surface area contributed by atoms with Crippen LogP contribution in [0.5, 0.6) is 0 Å². The lowest BCUT2D eigenvalue weighted by molar-refractivity contribution is 0.187. The third kappa shape index (κ3) is 5.09. The van der Waals surface area contributed by atoms with Crippen molar-refractivity contribution in [3.63, 3.8) is 0 Å². The maximum atomic E-state index is 12.9. The van der Waals surface area contributed by atoms with E-state index in [2.05, 4.69) is 49.3 Å². The Balaban J connectivity index is 1.20. The molecule has 1 saturated heterocycles. The first-order chi connectivity index (χ1) is 18.5. The zero-order valence-electron chi connectivity index (χ0n) is 21.1. The number of H-pyrrole nitrogens is 2. The zero-order chi connectivity index (χ0) is 26.1. The van der Waals surface area contributed by atoms with Crippen molar-refractivity contribution in [3.8, 4) is 11.4 Å². The van der Waals surface area contributed by atoms with E-state index in [9.17, 15) is 4.79 Å². The summed E-state index contributed by atoms with van der Waals surface area (Å²) in [6.07, 6.45) is 10.5. The second kappa shape index (κ2) is 10.5. The smallest absolute Gasteiger partial charge is 0.261 e. The van der Waals surface area contributed by atoms with Crippen LogP contribution in [0.25, 0.3) is 22.4 Å². The third-order valence-corrected chi connectivity index (χ3v) is 7.35. The second-order valence-electron chi connectivity index (χ2n) is 9.74. The Labute approximate surface area is 224 Å². The van der Waals surface area contributed by atoms with Gasteiger partial charge in [-0.05, 0) is 62.0 Å². The lowest BCUT2D eigenvalue weighted by Gasteiger charge is -2.31. The van der Waals surface area contributed by atoms with Crippen molar-refractivity contribution < 1.29 is 4.42 Å². The molecule has 6 rings (SSSR count). The highest BCUT2D eigenvalue weighted by atomic mass is 35.5. The summed E-state index contributed by atoms with van der Waals surface area (Å²) < 4.78 is 7.17. The van der Waals surface area contributed by atoms with E-state index in [-0.39, 0.29) is 5.56 Å². The van der Waals surface area contributed by atoms with Gasteiger partial charge in [0.15, 0.2) is 0 Å². The molecule has 0 bridgehead atoms. The number of imidazole rings is 1. The molecule has 1 aliphatic heterocycles. The van der Waals surface area contributed by atoms with E-state index in [4.69, 9.17) is 21.0 Å². The van der Waals surface area contributed by atoms with Crippen LogP contribution in [0.1, 0.15) is 35.8 Å². The number of rotatable bonds is 8. The van der Waals surface area contributed by atoms with Crippen molar-refractivity contribution >= 4 is 28.3 Å². The highest BCUT2D eigenvalue weighted by Crippen LogP contribution is 2.33. The molecule has 0 aliphatic carbocycles. The lowest BCUT2D eigenvalue weighted by atomic mass is 9.88. The number of likely N-dealkylation sites (tertiary alicyclic amines) is 1. The summed E-state index contributed by atoms with van der Waals surface area (Å²) in [5.74, 6) is 1.78. The number of anilines is 1. The molecule has 1 aromatic carbocycles. The molecule has 0 radical (unpaired) electrons. The van der Waals surface area contributed by atoms with Gasteiger partial charge in [-0.15, -0.1) is 0 Å². The first-order valence-corrected chi connectivity index (χ1v) is 13.2. The zero-order valence-corrected chi connectivity index (χ0v) is 21.8. The highest BCUT2D eigenvalue weighted by Gasteiger charge is 2.23. The molecule has 196 valence electrons. The Hall–Kier alpha value is -3.89. The minimum absolute atomic E-state index is 0.201. The number of nitrogens with one attached hydrogen (secondary N) is 3. The van der Waals surface area contributed by atoms with Gasteiger partial charge in [0.25, 0.3) is 5.56 Å². The number of aromatic amines is 2. The molecule has 1 aliphatic rings. The Morgan fingerprint density at radius 3 is 2.89 bits per heavy atom. The predicted octanol–water partition coefficient (Wildman–Crippen LogP) is 4.56. The number of halogens is 1. The molecule has 3 N–H and O–H groups in total. The normalized spacial score (nSPS) is 14.9. The number of nitrogens with zero attached hydrogens (tertiary/aromatic N) is 5. The fourth-order valence-electron chi connectivity index (χ4n) is 5.25. The second-order valence-corrected chi connectivity index (χ2v) is 10.2. The van der Waals surface area contributed by atoms with Crippen molar-refractivity contribution in [3.05, 3.63) is 81.6 Å². The average molecular weight is 533 g/mol. The van der Waals surface area contributed by atoms with Crippen molar-refractivity contribution in [2.75, 3.05) is 25.0 Å². The van der Waals surface area contributed by atoms with Gasteiger partial charge in [-0.3, -0.25) is 14.4 Å². The standard InChI is InChI=1S/C27H29ClN8O2/c1-17-12-19(18-3-8-35(9-4-18)16-23-30-7-11-38-23)13-22-25(17)34-26(33-22)24-21(2-5-31-27(24)37)29-6-10-36-15-20(28)14-32-36/h2,5,7,11-15,18H,3-4,6,8-10,16H2,1H3,(H,33,34)(H2,29,31,37). The van der Waals surface area contributed by atoms with Crippen molar-refractivity contribution in [2.24, 2.45) is 0 Å². The monoisotopic (exact) mass is 532 g/mol. The fourth-order valence-corrected chi connectivity index (χ4v) is 5.40. The Bertz CT molecular complexity index is 1600. The molecule has 4 aromatic heterocycles. The number of piperidine rings is 1. The van der Waals surface area contributed by atoms with E-state index >= 15 is 0 Å². The number of aryl methyl sites for hydroxylation is 1. The van der Waals surface area contributed by atoms with Gasteiger partial charge in [-0.1, -0.05) is 17.7 Å². The average Bonchev–Trinajstić information content (AvgIpc) is 3.66. The van der Waals surface area contributed by atoms with Gasteiger partial charge in [0.05, 0.1) is 47.2 Å². The van der Waals surface area contributed by atoms with E-state index in [0.717, 1.165) is 55.0 Å². The van der Waals surface area contributed by atoms with E-state index < -0.39 is 0 Å². The summed E-state index contributed by atoms with van der Waals surface area (Å²) in [6.45, 7) is 6.01. The maximum Gasteiger partial charge on any atom is 0.261 e. The van der Waals surface area contributed by atoms with Gasteiger partial charge in [0.1, 0.15) is 17.7 Å². The van der Waals surface area contributed by atoms with Gasteiger partial charge in [0.2, 0.25) is 5.89 Å². The fraction of sp³-hybridized carbons (Fsp3) is 0.333. The Morgan fingerprint density at radius 2 is 2.13 bits per heavy atom. The van der Waals surface area contributed by atoms with Crippen LogP contribution in [0.3, 0.4) is 0 Å². The molecular weight excluding hydrogens is 504 g/mol. The maximum absolute atomic E-state index is 12.9. The number of aromatic nitrogens is 6. The van der Waals surface area contributed by atoms with E-state index in [0.29, 0.717) is 41.1 Å². The Kier molecular flexibility index (Phi) is 6.73. The van der Waals surface area contributed by atoms with Crippen LogP contribution in [0.15, 0.2) is 58.5 Å². The number of hydrogen-bond acceptors (Lipinski definition) is 7. The van der Waals surface area contributed by atoms with Gasteiger partial charge >= 0.3 is 0 Å². The van der Waals surface area contributed by atoms with E-state index in [1.807, 2.05) is 6.07 Å². The van der Waals surface area contributed by atoms with Gasteiger partial charge in [-0.25, -0.2) is 9.97 Å². The first-order valence-electron chi connectivity index (χ1n) is 12.8. The van der Waals surface area contributed by atoms with Crippen LogP contribution in [0, 0.1) is 6.92 Å². The molecule has 0 saturated carbocycles. The van der Waals surface area contributed by atoms with Crippen molar-refractivity contribution in [1.29, 1.82) is 0 Å². The summed E-state index contributed by atoms with van der Waals surface area (Å²) in [5, 5.41) is 8.15. The molecule has 0 amide bonds. The minimum Gasteiger partial charge on any atom is -0.448 e. The molecule has 5 aromatic rings. The molecule has 1 fully saturated rings. The number of hydrogen-bond donors (Lipinski definition) is 3. The topological polar surface area (TPSA) is 121 Å². The van der Waals surface area contributed by atoms with Crippen molar-refractivity contribution in [2.45, 2.75) is 38.8 Å². The van der Waals surface area contributed by atoms with Crippen molar-refractivity contribution in [1.82, 2.24) is 34.6 Å². The lowest BCUT2D eigenvalue weighted by Crippen LogP contribution is -2.32. The van der Waals surface area contributed by atoms with E-state index in [1.165, 1.54) is 5.56 Å². The number of pyridine rings is 1. The Morgan fingerprint density at radius 1 is 1.26 bits per heavy atom. The van der Waals surface area contributed by atoms with Gasteiger partial charge in [-0.2, -0.15) is 5.10 Å². The first kappa shape index (κ1) is 24.4. The summed E-state index contributed by atoms with van der Waals surface area (Å²) in [4.78, 5) is 30.6. The van der Waals surface area contributed by atoms with E-state index in [1.54, 1.807) is 35.7 Å². The van der Waals surface area contributed by atoms with Crippen LogP contribution in [-0.4, -0.2) is 54.3 Å². The molecule has 0 atom stereocenters. The van der Waals surface area contributed by atoms with Gasteiger partial charge in [0, 0.05) is 18.9 Å². The number of benzene rings is 1. The summed E-state index contributed by atoms with van der Waals surface area (Å²) in [5.41, 5.74) is 5.22. The van der Waals surface area contributed by atoms with Crippen LogP contribution < -0.4 is 10.9 Å². The van der Waals surface area contributed by atoms with Gasteiger partial charge < -0.3 is 19.7 Å². The van der Waals surface area contributed by atoms with Crippen LogP contribution in [0.2, 0.25) is 5.02 Å². The minimum atomic E-state index is -0.201. The molecular formula is C27H29ClN8O2. The number of oxazole rings is 1. The van der Waals surface area contributed by atoms with Crippen LogP contribution in [-0.2, 0) is 13.1 Å². The molecule has 38 heavy (non-hydrogen) atoms. The molecule has 11 heteroatoms. The SMILES string of the molecule is Cc1cc(C2CCN(Cc3ncco3)CC2)cc2[nH]c(-c3c(NCCn4cc(Cl)cn4)cc[nH]c3=O)nc12. The summed E-state index contributed by atoms with van der Waals surface area (Å²) in [7, 11) is 0. The highest BCUT2D eigenvalue weighted by molar-refractivity contribution is 6.30. The van der Waals surface area contributed by atoms with Crippen LogP contribution in [0.4, 0.5) is 5.69 Å². The van der Waals surface area contributed by atoms with Crippen LogP contribution >= 0.6 is 11.6 Å². The summed E-state index contributed by atoms with van der Waals surface area (Å²) in [6, 6.07) is 6.29. The summed E-state index contributed by atoms with van der Waals surface area (Å²) >= 11 is 5.96.